The fourth-order valence-electron chi connectivity index (χ4n) is 2.37. The van der Waals surface area contributed by atoms with Crippen LogP contribution in [0.4, 0.5) is 10.5 Å². The summed E-state index contributed by atoms with van der Waals surface area (Å²) in [4.78, 5) is 24.7. The minimum Gasteiger partial charge on any atom is -0.481 e. The summed E-state index contributed by atoms with van der Waals surface area (Å²) in [5.41, 5.74) is 1.06. The molecular formula is C15H19NO4. The van der Waals surface area contributed by atoms with E-state index in [4.69, 9.17) is 9.84 Å². The zero-order chi connectivity index (χ0) is 14.9. The third-order valence-corrected chi connectivity index (χ3v) is 3.11. The van der Waals surface area contributed by atoms with Crippen molar-refractivity contribution in [1.29, 1.82) is 0 Å². The number of benzene rings is 1. The summed E-state index contributed by atoms with van der Waals surface area (Å²) in [5.74, 6) is -1.05. The highest BCUT2D eigenvalue weighted by Crippen LogP contribution is 2.38. The lowest BCUT2D eigenvalue weighted by atomic mass is 9.98. The van der Waals surface area contributed by atoms with Gasteiger partial charge in [-0.3, -0.25) is 9.69 Å². The molecule has 1 heterocycles. The van der Waals surface area contributed by atoms with E-state index in [9.17, 15) is 9.59 Å². The lowest BCUT2D eigenvalue weighted by Gasteiger charge is -2.25. The molecule has 0 saturated carbocycles. The van der Waals surface area contributed by atoms with E-state index in [0.717, 1.165) is 11.3 Å². The smallest absolute Gasteiger partial charge is 0.414 e. The average molecular weight is 277 g/mol. The molecule has 1 N–H and O–H groups in total. The Hall–Kier alpha value is -2.04. The molecule has 0 fully saturated rings. The Morgan fingerprint density at radius 3 is 2.60 bits per heavy atom. The number of rotatable bonds is 2. The van der Waals surface area contributed by atoms with Gasteiger partial charge in [0, 0.05) is 12.5 Å². The van der Waals surface area contributed by atoms with E-state index in [1.165, 1.54) is 4.90 Å². The van der Waals surface area contributed by atoms with Crippen LogP contribution in [0.5, 0.6) is 0 Å². The number of hydrogen-bond donors (Lipinski definition) is 1. The van der Waals surface area contributed by atoms with Gasteiger partial charge in [-0.25, -0.2) is 4.79 Å². The van der Waals surface area contributed by atoms with Gasteiger partial charge in [0.25, 0.3) is 0 Å². The predicted molar refractivity (Wildman–Crippen MR) is 75.0 cm³/mol. The molecule has 1 aromatic rings. The average Bonchev–Trinajstić information content (AvgIpc) is 2.66. The van der Waals surface area contributed by atoms with Gasteiger partial charge in [-0.2, -0.15) is 0 Å². The Bertz CT molecular complexity index is 533. The first-order chi connectivity index (χ1) is 9.28. The number of aliphatic carboxylic acids is 1. The molecule has 0 aromatic heterocycles. The lowest BCUT2D eigenvalue weighted by Crippen LogP contribution is -2.36. The quantitative estimate of drug-likeness (QED) is 0.902. The predicted octanol–water partition coefficient (Wildman–Crippen LogP) is 3.00. The summed E-state index contributed by atoms with van der Waals surface area (Å²) in [6, 6.07) is 7.38. The fraction of sp³-hybridized carbons (Fsp3) is 0.467. The number of carboxylic acid groups (broad SMARTS) is 1. The normalized spacial score (nSPS) is 17.8. The molecule has 0 aliphatic carbocycles. The van der Waals surface area contributed by atoms with Crippen molar-refractivity contribution in [3.8, 4) is 0 Å². The molecule has 2 rings (SSSR count). The second-order valence-electron chi connectivity index (χ2n) is 5.94. The first kappa shape index (κ1) is 14.4. The van der Waals surface area contributed by atoms with Gasteiger partial charge >= 0.3 is 12.1 Å². The molecule has 0 radical (unpaired) electrons. The van der Waals surface area contributed by atoms with Crippen LogP contribution in [0.1, 0.15) is 38.7 Å². The van der Waals surface area contributed by atoms with Gasteiger partial charge in [-0.05, 0) is 32.4 Å². The maximum Gasteiger partial charge on any atom is 0.414 e. The van der Waals surface area contributed by atoms with Crippen LogP contribution in [0.2, 0.25) is 0 Å². The van der Waals surface area contributed by atoms with Gasteiger partial charge < -0.3 is 9.84 Å². The third-order valence-electron chi connectivity index (χ3n) is 3.11. The second-order valence-corrected chi connectivity index (χ2v) is 5.94. The van der Waals surface area contributed by atoms with Crippen molar-refractivity contribution in [2.75, 3.05) is 11.4 Å². The molecular weight excluding hydrogens is 258 g/mol. The molecule has 1 amide bonds. The number of ether oxygens (including phenoxy) is 1. The van der Waals surface area contributed by atoms with E-state index in [0.29, 0.717) is 6.54 Å². The molecule has 20 heavy (non-hydrogen) atoms. The largest absolute Gasteiger partial charge is 0.481 e. The van der Waals surface area contributed by atoms with E-state index < -0.39 is 17.7 Å². The number of hydrogen-bond acceptors (Lipinski definition) is 3. The molecule has 0 bridgehead atoms. The highest BCUT2D eigenvalue weighted by Gasteiger charge is 2.35. The second kappa shape index (κ2) is 5.15. The van der Waals surface area contributed by atoms with Crippen LogP contribution in [0.15, 0.2) is 24.3 Å². The van der Waals surface area contributed by atoms with Gasteiger partial charge in [0.2, 0.25) is 0 Å². The molecule has 108 valence electrons. The van der Waals surface area contributed by atoms with Crippen LogP contribution in [-0.4, -0.2) is 29.3 Å². The Morgan fingerprint density at radius 1 is 1.35 bits per heavy atom. The fourth-order valence-corrected chi connectivity index (χ4v) is 2.37. The number of carbonyl (C=O) groups excluding carboxylic acids is 1. The first-order valence-electron chi connectivity index (χ1n) is 6.59. The Balaban J connectivity index is 2.25. The summed E-state index contributed by atoms with van der Waals surface area (Å²) in [7, 11) is 0. The highest BCUT2D eigenvalue weighted by atomic mass is 16.6. The van der Waals surface area contributed by atoms with Gasteiger partial charge in [0.15, 0.2) is 0 Å². The topological polar surface area (TPSA) is 66.8 Å². The van der Waals surface area contributed by atoms with Crippen molar-refractivity contribution in [3.05, 3.63) is 29.8 Å². The molecule has 0 saturated heterocycles. The Labute approximate surface area is 118 Å². The molecule has 0 unspecified atom stereocenters. The maximum absolute atomic E-state index is 12.2. The van der Waals surface area contributed by atoms with E-state index in [-0.39, 0.29) is 12.3 Å². The highest BCUT2D eigenvalue weighted by molar-refractivity contribution is 5.91. The van der Waals surface area contributed by atoms with E-state index in [1.807, 2.05) is 45.0 Å². The minimum atomic E-state index is -0.865. The zero-order valence-electron chi connectivity index (χ0n) is 11.9. The number of nitrogens with zero attached hydrogens (tertiary/aromatic N) is 1. The van der Waals surface area contributed by atoms with Crippen LogP contribution >= 0.6 is 0 Å². The van der Waals surface area contributed by atoms with Crippen LogP contribution in [0.25, 0.3) is 0 Å². The van der Waals surface area contributed by atoms with Gasteiger partial charge in [0.1, 0.15) is 5.60 Å². The van der Waals surface area contributed by atoms with Crippen molar-refractivity contribution in [1.82, 2.24) is 0 Å². The number of carbonyl (C=O) groups is 2. The molecule has 1 aliphatic heterocycles. The molecule has 1 atom stereocenters. The molecule has 0 spiro atoms. The standard InChI is InChI=1S/C15H19NO4/c1-15(2,3)20-14(19)16-9-10(8-13(17)18)11-6-4-5-7-12(11)16/h4-7,10H,8-9H2,1-3H3,(H,17,18)/t10-/m0/s1. The van der Waals surface area contributed by atoms with E-state index in [2.05, 4.69) is 0 Å². The maximum atomic E-state index is 12.2. The van der Waals surface area contributed by atoms with Crippen molar-refractivity contribution < 1.29 is 19.4 Å². The van der Waals surface area contributed by atoms with E-state index in [1.54, 1.807) is 0 Å². The van der Waals surface area contributed by atoms with Crippen LogP contribution in [0.3, 0.4) is 0 Å². The summed E-state index contributed by atoms with van der Waals surface area (Å²) in [5, 5.41) is 8.98. The van der Waals surface area contributed by atoms with Crippen LogP contribution in [-0.2, 0) is 9.53 Å². The number of para-hydroxylation sites is 1. The van der Waals surface area contributed by atoms with Crippen molar-refractivity contribution in [3.63, 3.8) is 0 Å². The summed E-state index contributed by atoms with van der Waals surface area (Å²) in [6.07, 6.45) is -0.422. The van der Waals surface area contributed by atoms with Gasteiger partial charge in [0.05, 0.1) is 12.1 Å². The van der Waals surface area contributed by atoms with Crippen LogP contribution in [0, 0.1) is 0 Å². The van der Waals surface area contributed by atoms with Crippen LogP contribution < -0.4 is 4.90 Å². The molecule has 1 aromatic carbocycles. The van der Waals surface area contributed by atoms with Crippen molar-refractivity contribution in [2.24, 2.45) is 0 Å². The SMILES string of the molecule is CC(C)(C)OC(=O)N1C[C@H](CC(=O)O)c2ccccc21. The van der Waals surface area contributed by atoms with Crippen molar-refractivity contribution >= 4 is 17.7 Å². The third kappa shape index (κ3) is 3.10. The molecule has 5 nitrogen and oxygen atoms in total. The van der Waals surface area contributed by atoms with Gasteiger partial charge in [-0.15, -0.1) is 0 Å². The molecule has 1 aliphatic rings. The number of amides is 1. The van der Waals surface area contributed by atoms with Crippen molar-refractivity contribution in [2.45, 2.75) is 38.7 Å². The minimum absolute atomic E-state index is 0.0102. The monoisotopic (exact) mass is 277 g/mol. The molecule has 5 heteroatoms. The number of fused-ring (bicyclic) bond motifs is 1. The van der Waals surface area contributed by atoms with Gasteiger partial charge in [-0.1, -0.05) is 18.2 Å². The number of carboxylic acids is 1. The summed E-state index contributed by atoms with van der Waals surface area (Å²) >= 11 is 0. The zero-order valence-corrected chi connectivity index (χ0v) is 11.9. The number of anilines is 1. The summed E-state index contributed by atoms with van der Waals surface area (Å²) < 4.78 is 5.37. The lowest BCUT2D eigenvalue weighted by molar-refractivity contribution is -0.137. The summed E-state index contributed by atoms with van der Waals surface area (Å²) in [6.45, 7) is 5.77. The first-order valence-corrected chi connectivity index (χ1v) is 6.59. The Kier molecular flexibility index (Phi) is 3.70. The Morgan fingerprint density at radius 2 is 2.00 bits per heavy atom. The van der Waals surface area contributed by atoms with E-state index >= 15 is 0 Å².